The summed E-state index contributed by atoms with van der Waals surface area (Å²) in [6, 6.07) is 17.3. The topological polar surface area (TPSA) is 74.6 Å². The maximum Gasteiger partial charge on any atom is 0.337 e. The molecule has 0 aliphatic carbocycles. The van der Waals surface area contributed by atoms with Gasteiger partial charge in [-0.15, -0.1) is 0 Å². The zero-order chi connectivity index (χ0) is 18.5. The standard InChI is InChI=1S/C19H13BrClN3O2/c20-18-7-3-4-13(23-18)11-22-17-10-12(21)8-9-16(17)24-15-6-2-1-5-14(15)19(25)26/h1-11,24H,(H,25,26). The van der Waals surface area contributed by atoms with Gasteiger partial charge in [0.2, 0.25) is 0 Å². The summed E-state index contributed by atoms with van der Waals surface area (Å²) in [5, 5.41) is 13.0. The Morgan fingerprint density at radius 1 is 1.12 bits per heavy atom. The van der Waals surface area contributed by atoms with Crippen LogP contribution in [0.2, 0.25) is 5.02 Å². The van der Waals surface area contributed by atoms with Crippen molar-refractivity contribution in [3.8, 4) is 0 Å². The molecule has 0 aliphatic heterocycles. The number of aromatic nitrogens is 1. The summed E-state index contributed by atoms with van der Waals surface area (Å²) >= 11 is 9.41. The minimum Gasteiger partial charge on any atom is -0.478 e. The lowest BCUT2D eigenvalue weighted by Gasteiger charge is -2.12. The summed E-state index contributed by atoms with van der Waals surface area (Å²) in [5.74, 6) is -1.01. The van der Waals surface area contributed by atoms with Crippen molar-refractivity contribution in [1.29, 1.82) is 0 Å². The molecule has 3 rings (SSSR count). The Kier molecular flexibility index (Phi) is 5.65. The third-order valence-corrected chi connectivity index (χ3v) is 4.14. The number of pyridine rings is 1. The Balaban J connectivity index is 1.95. The van der Waals surface area contributed by atoms with Gasteiger partial charge in [-0.3, -0.25) is 4.99 Å². The van der Waals surface area contributed by atoms with Gasteiger partial charge in [0.1, 0.15) is 4.60 Å². The fraction of sp³-hybridized carbons (Fsp3) is 0. The normalized spacial score (nSPS) is 10.8. The molecule has 0 saturated carbocycles. The Hall–Kier alpha value is -2.70. The predicted molar refractivity (Wildman–Crippen MR) is 107 cm³/mol. The van der Waals surface area contributed by atoms with Crippen LogP contribution >= 0.6 is 27.5 Å². The molecule has 5 nitrogen and oxygen atoms in total. The first-order chi connectivity index (χ1) is 12.5. The second-order valence-corrected chi connectivity index (χ2v) is 6.53. The van der Waals surface area contributed by atoms with Crippen molar-refractivity contribution in [2.45, 2.75) is 0 Å². The molecule has 0 saturated heterocycles. The van der Waals surface area contributed by atoms with E-state index in [9.17, 15) is 9.90 Å². The lowest BCUT2D eigenvalue weighted by Crippen LogP contribution is -2.02. The van der Waals surface area contributed by atoms with Gasteiger partial charge in [-0.1, -0.05) is 29.8 Å². The minimum absolute atomic E-state index is 0.172. The fourth-order valence-electron chi connectivity index (χ4n) is 2.27. The van der Waals surface area contributed by atoms with E-state index in [4.69, 9.17) is 11.6 Å². The van der Waals surface area contributed by atoms with Crippen molar-refractivity contribution < 1.29 is 9.90 Å². The van der Waals surface area contributed by atoms with E-state index in [0.717, 1.165) is 0 Å². The number of carboxylic acids is 1. The van der Waals surface area contributed by atoms with Crippen LogP contribution < -0.4 is 5.32 Å². The average molecular weight is 431 g/mol. The molecule has 130 valence electrons. The number of halogens is 2. The SMILES string of the molecule is O=C(O)c1ccccc1Nc1ccc(Cl)cc1N=Cc1cccc(Br)n1. The van der Waals surface area contributed by atoms with E-state index in [-0.39, 0.29) is 5.56 Å². The van der Waals surface area contributed by atoms with Gasteiger partial charge in [-0.05, 0) is 58.4 Å². The van der Waals surface area contributed by atoms with Crippen LogP contribution in [0.4, 0.5) is 17.1 Å². The first-order valence-corrected chi connectivity index (χ1v) is 8.75. The van der Waals surface area contributed by atoms with Gasteiger partial charge >= 0.3 is 5.97 Å². The quantitative estimate of drug-likeness (QED) is 0.403. The number of carbonyl (C=O) groups is 1. The number of carboxylic acid groups (broad SMARTS) is 1. The number of rotatable bonds is 5. The van der Waals surface area contributed by atoms with Crippen LogP contribution in [0, 0.1) is 0 Å². The summed E-state index contributed by atoms with van der Waals surface area (Å²) < 4.78 is 0.710. The molecule has 0 fully saturated rings. The van der Waals surface area contributed by atoms with Gasteiger partial charge in [-0.25, -0.2) is 9.78 Å². The first kappa shape index (κ1) is 18.1. The Labute approximate surface area is 163 Å². The van der Waals surface area contributed by atoms with Crippen LogP contribution in [0.15, 0.2) is 70.3 Å². The number of aliphatic imine (C=N–C) groups is 1. The third kappa shape index (κ3) is 4.47. The third-order valence-electron chi connectivity index (χ3n) is 3.46. The number of nitrogens with zero attached hydrogens (tertiary/aromatic N) is 2. The number of anilines is 2. The molecular weight excluding hydrogens is 418 g/mol. The van der Waals surface area contributed by atoms with Gasteiger partial charge in [0.15, 0.2) is 0 Å². The van der Waals surface area contributed by atoms with Crippen molar-refractivity contribution in [1.82, 2.24) is 4.98 Å². The van der Waals surface area contributed by atoms with E-state index in [1.165, 1.54) is 6.07 Å². The average Bonchev–Trinajstić information content (AvgIpc) is 2.62. The number of hydrogen-bond donors (Lipinski definition) is 2. The molecule has 1 heterocycles. The van der Waals surface area contributed by atoms with E-state index in [1.807, 2.05) is 18.2 Å². The number of benzene rings is 2. The second-order valence-electron chi connectivity index (χ2n) is 5.28. The zero-order valence-electron chi connectivity index (χ0n) is 13.4. The van der Waals surface area contributed by atoms with Crippen LogP contribution in [0.25, 0.3) is 0 Å². The molecule has 2 N–H and O–H groups in total. The van der Waals surface area contributed by atoms with Crippen LogP contribution in [0.1, 0.15) is 16.1 Å². The molecule has 0 atom stereocenters. The first-order valence-electron chi connectivity index (χ1n) is 7.58. The molecule has 0 radical (unpaired) electrons. The maximum absolute atomic E-state index is 11.4. The van der Waals surface area contributed by atoms with Crippen molar-refractivity contribution in [3.63, 3.8) is 0 Å². The Morgan fingerprint density at radius 2 is 1.92 bits per heavy atom. The van der Waals surface area contributed by atoms with Gasteiger partial charge in [0.05, 0.1) is 34.5 Å². The monoisotopic (exact) mass is 429 g/mol. The van der Waals surface area contributed by atoms with E-state index in [0.29, 0.717) is 32.4 Å². The van der Waals surface area contributed by atoms with Crippen LogP contribution in [-0.2, 0) is 0 Å². The number of nitrogens with one attached hydrogen (secondary N) is 1. The van der Waals surface area contributed by atoms with E-state index < -0.39 is 5.97 Å². The van der Waals surface area contributed by atoms with Crippen molar-refractivity contribution in [3.05, 3.63) is 81.5 Å². The Bertz CT molecular complexity index is 992. The summed E-state index contributed by atoms with van der Waals surface area (Å²) in [7, 11) is 0. The smallest absolute Gasteiger partial charge is 0.337 e. The van der Waals surface area contributed by atoms with Gasteiger partial charge in [-0.2, -0.15) is 0 Å². The predicted octanol–water partition coefficient (Wildman–Crippen LogP) is 5.69. The van der Waals surface area contributed by atoms with E-state index in [2.05, 4.69) is 31.2 Å². The summed E-state index contributed by atoms with van der Waals surface area (Å²) in [4.78, 5) is 20.1. The molecular formula is C19H13BrClN3O2. The van der Waals surface area contributed by atoms with Gasteiger partial charge in [0, 0.05) is 5.02 Å². The van der Waals surface area contributed by atoms with Crippen molar-refractivity contribution >= 4 is 56.8 Å². The van der Waals surface area contributed by atoms with Crippen molar-refractivity contribution in [2.24, 2.45) is 4.99 Å². The fourth-order valence-corrected chi connectivity index (χ4v) is 2.80. The van der Waals surface area contributed by atoms with Crippen LogP contribution in [0.3, 0.4) is 0 Å². The highest BCUT2D eigenvalue weighted by molar-refractivity contribution is 9.10. The number of aromatic carboxylic acids is 1. The molecule has 0 unspecified atom stereocenters. The van der Waals surface area contributed by atoms with Gasteiger partial charge in [0.25, 0.3) is 0 Å². The highest BCUT2D eigenvalue weighted by Crippen LogP contribution is 2.32. The molecule has 26 heavy (non-hydrogen) atoms. The van der Waals surface area contributed by atoms with E-state index in [1.54, 1.807) is 42.6 Å². The summed E-state index contributed by atoms with van der Waals surface area (Å²) in [5.41, 5.74) is 2.52. The zero-order valence-corrected chi connectivity index (χ0v) is 15.7. The molecule has 1 aromatic heterocycles. The molecule has 3 aromatic rings. The maximum atomic E-state index is 11.4. The highest BCUT2D eigenvalue weighted by atomic mass is 79.9. The molecule has 7 heteroatoms. The highest BCUT2D eigenvalue weighted by Gasteiger charge is 2.11. The second kappa shape index (κ2) is 8.12. The van der Waals surface area contributed by atoms with E-state index >= 15 is 0 Å². The van der Waals surface area contributed by atoms with Gasteiger partial charge < -0.3 is 10.4 Å². The molecule has 0 aliphatic rings. The Morgan fingerprint density at radius 3 is 2.69 bits per heavy atom. The minimum atomic E-state index is -1.01. The summed E-state index contributed by atoms with van der Waals surface area (Å²) in [6.45, 7) is 0. The molecule has 0 spiro atoms. The lowest BCUT2D eigenvalue weighted by molar-refractivity contribution is 0.0698. The van der Waals surface area contributed by atoms with Crippen LogP contribution in [0.5, 0.6) is 0 Å². The summed E-state index contributed by atoms with van der Waals surface area (Å²) in [6.07, 6.45) is 1.62. The molecule has 2 aromatic carbocycles. The largest absolute Gasteiger partial charge is 0.478 e. The van der Waals surface area contributed by atoms with Crippen LogP contribution in [-0.4, -0.2) is 22.3 Å². The molecule has 0 amide bonds. The number of hydrogen-bond acceptors (Lipinski definition) is 4. The molecule has 0 bridgehead atoms. The van der Waals surface area contributed by atoms with Crippen molar-refractivity contribution in [2.75, 3.05) is 5.32 Å². The lowest BCUT2D eigenvalue weighted by atomic mass is 10.1. The number of para-hydroxylation sites is 1.